The number of hydrogen-bond donors (Lipinski definition) is 3. The third kappa shape index (κ3) is 5.90. The molecule has 3 aromatic carbocycles. The molecule has 10 heteroatoms. The van der Waals surface area contributed by atoms with E-state index in [9.17, 15) is 18.0 Å². The molecular weight excluding hydrogens is 470 g/mol. The summed E-state index contributed by atoms with van der Waals surface area (Å²) in [6.45, 7) is 2.55. The lowest BCUT2D eigenvalue weighted by Crippen LogP contribution is -2.33. The Balaban J connectivity index is 1.34. The number of benzene rings is 3. The van der Waals surface area contributed by atoms with E-state index in [1.165, 1.54) is 36.4 Å². The first-order chi connectivity index (χ1) is 16.9. The van der Waals surface area contributed by atoms with E-state index < -0.39 is 15.9 Å². The zero-order valence-corrected chi connectivity index (χ0v) is 19.9. The minimum Gasteiger partial charge on any atom is -0.486 e. The van der Waals surface area contributed by atoms with Crippen LogP contribution < -0.4 is 24.8 Å². The molecule has 2 amide bonds. The monoisotopic (exact) mass is 495 g/mol. The maximum absolute atomic E-state index is 12.7. The van der Waals surface area contributed by atoms with Crippen LogP contribution in [0.25, 0.3) is 0 Å². The molecular formula is C25H25N3O6S. The molecule has 0 radical (unpaired) electrons. The quantitative estimate of drug-likeness (QED) is 0.441. The van der Waals surface area contributed by atoms with E-state index >= 15 is 0 Å². The molecule has 0 aromatic heterocycles. The predicted octanol–water partition coefficient (Wildman–Crippen LogP) is 3.19. The van der Waals surface area contributed by atoms with E-state index in [0.29, 0.717) is 30.4 Å². The normalized spacial score (nSPS) is 12.5. The summed E-state index contributed by atoms with van der Waals surface area (Å²) >= 11 is 0. The number of hydrogen-bond acceptors (Lipinski definition) is 6. The third-order valence-electron chi connectivity index (χ3n) is 5.31. The Morgan fingerprint density at radius 3 is 2.37 bits per heavy atom. The van der Waals surface area contributed by atoms with Gasteiger partial charge in [-0.05, 0) is 54.4 Å². The number of nitrogens with one attached hydrogen (secondary N) is 3. The summed E-state index contributed by atoms with van der Waals surface area (Å²) < 4.78 is 38.8. The van der Waals surface area contributed by atoms with Crippen LogP contribution in [0.15, 0.2) is 71.6 Å². The number of rotatable bonds is 8. The molecule has 0 saturated carbocycles. The molecule has 1 aliphatic rings. The number of carbonyl (C=O) groups is 2. The first kappa shape index (κ1) is 24.1. The Labute approximate surface area is 203 Å². The fraction of sp³-hybridized carbons (Fsp3) is 0.200. The Bertz CT molecular complexity index is 1340. The van der Waals surface area contributed by atoms with Crippen molar-refractivity contribution in [1.29, 1.82) is 0 Å². The Kier molecular flexibility index (Phi) is 7.21. The van der Waals surface area contributed by atoms with E-state index in [2.05, 4.69) is 15.4 Å². The van der Waals surface area contributed by atoms with Crippen molar-refractivity contribution >= 4 is 33.2 Å². The number of ether oxygens (including phenoxy) is 2. The highest BCUT2D eigenvalue weighted by Crippen LogP contribution is 2.32. The van der Waals surface area contributed by atoms with Crippen LogP contribution >= 0.6 is 0 Å². The Hall–Kier alpha value is -4.05. The topological polar surface area (TPSA) is 123 Å². The van der Waals surface area contributed by atoms with Crippen LogP contribution in [0.3, 0.4) is 0 Å². The molecule has 3 aromatic rings. The molecule has 0 fully saturated rings. The van der Waals surface area contributed by atoms with Crippen molar-refractivity contribution in [2.45, 2.75) is 18.2 Å². The Morgan fingerprint density at radius 2 is 1.63 bits per heavy atom. The van der Waals surface area contributed by atoms with Crippen LogP contribution in [0.2, 0.25) is 0 Å². The van der Waals surface area contributed by atoms with Crippen LogP contribution in [-0.2, 0) is 21.2 Å². The fourth-order valence-electron chi connectivity index (χ4n) is 3.50. The van der Waals surface area contributed by atoms with Gasteiger partial charge in [-0.25, -0.2) is 8.42 Å². The number of para-hydroxylation sites is 1. The van der Waals surface area contributed by atoms with E-state index in [-0.39, 0.29) is 28.6 Å². The minimum atomic E-state index is -3.88. The highest BCUT2D eigenvalue weighted by Gasteiger charge is 2.20. The minimum absolute atomic E-state index is 0.0271. The van der Waals surface area contributed by atoms with Gasteiger partial charge >= 0.3 is 0 Å². The van der Waals surface area contributed by atoms with E-state index in [0.717, 1.165) is 12.0 Å². The molecule has 0 aliphatic carbocycles. The van der Waals surface area contributed by atoms with Gasteiger partial charge in [0.05, 0.1) is 11.4 Å². The van der Waals surface area contributed by atoms with Crippen molar-refractivity contribution in [2.24, 2.45) is 0 Å². The van der Waals surface area contributed by atoms with Gasteiger partial charge in [0.2, 0.25) is 5.91 Å². The lowest BCUT2D eigenvalue weighted by Gasteiger charge is -2.19. The molecule has 35 heavy (non-hydrogen) atoms. The summed E-state index contributed by atoms with van der Waals surface area (Å²) in [6, 6.07) is 17.7. The van der Waals surface area contributed by atoms with Crippen molar-refractivity contribution in [3.05, 3.63) is 77.9 Å². The Morgan fingerprint density at radius 1 is 0.914 bits per heavy atom. The number of amides is 2. The third-order valence-corrected chi connectivity index (χ3v) is 6.68. The fourth-order valence-corrected chi connectivity index (χ4v) is 4.58. The van der Waals surface area contributed by atoms with Gasteiger partial charge in [0.25, 0.3) is 15.9 Å². The maximum atomic E-state index is 12.7. The standard InChI is InChI=1S/C25H25N3O6S/c1-2-17-5-3-4-6-21(17)27-24(29)16-26-25(30)18-7-9-19(10-8-18)28-35(31,32)20-11-12-22-23(15-20)34-14-13-33-22/h3-12,15,28H,2,13-14,16H2,1H3,(H,26,30)(H,27,29). The van der Waals surface area contributed by atoms with Crippen LogP contribution in [0.1, 0.15) is 22.8 Å². The first-order valence-corrected chi connectivity index (χ1v) is 12.5. The largest absolute Gasteiger partial charge is 0.486 e. The smallest absolute Gasteiger partial charge is 0.262 e. The zero-order valence-electron chi connectivity index (χ0n) is 19.0. The molecule has 0 bridgehead atoms. The van der Waals surface area contributed by atoms with Crippen molar-refractivity contribution in [3.8, 4) is 11.5 Å². The predicted molar refractivity (Wildman–Crippen MR) is 131 cm³/mol. The number of aryl methyl sites for hydroxylation is 1. The lowest BCUT2D eigenvalue weighted by molar-refractivity contribution is -0.115. The second kappa shape index (κ2) is 10.5. The number of carbonyl (C=O) groups excluding carboxylic acids is 2. The van der Waals surface area contributed by atoms with Gasteiger partial charge in [0.15, 0.2) is 11.5 Å². The van der Waals surface area contributed by atoms with Crippen molar-refractivity contribution in [1.82, 2.24) is 5.32 Å². The zero-order chi connectivity index (χ0) is 24.8. The summed E-state index contributed by atoms with van der Waals surface area (Å²) in [5.74, 6) is 0.0652. The molecule has 9 nitrogen and oxygen atoms in total. The second-order valence-electron chi connectivity index (χ2n) is 7.73. The van der Waals surface area contributed by atoms with E-state index in [1.54, 1.807) is 6.07 Å². The van der Waals surface area contributed by atoms with Gasteiger partial charge in [-0.3, -0.25) is 14.3 Å². The number of fused-ring (bicyclic) bond motifs is 1. The molecule has 1 heterocycles. The first-order valence-electron chi connectivity index (χ1n) is 11.0. The molecule has 4 rings (SSSR count). The average Bonchev–Trinajstić information content (AvgIpc) is 2.87. The summed E-state index contributed by atoms with van der Waals surface area (Å²) in [6.07, 6.45) is 0.771. The van der Waals surface area contributed by atoms with Gasteiger partial charge in [0, 0.05) is 23.0 Å². The van der Waals surface area contributed by atoms with Crippen molar-refractivity contribution < 1.29 is 27.5 Å². The van der Waals surface area contributed by atoms with Crippen LogP contribution in [0.5, 0.6) is 11.5 Å². The molecule has 0 atom stereocenters. The summed E-state index contributed by atoms with van der Waals surface area (Å²) in [5, 5.41) is 5.35. The molecule has 0 unspecified atom stereocenters. The van der Waals surface area contributed by atoms with Crippen molar-refractivity contribution in [3.63, 3.8) is 0 Å². The highest BCUT2D eigenvalue weighted by molar-refractivity contribution is 7.92. The molecule has 0 saturated heterocycles. The lowest BCUT2D eigenvalue weighted by atomic mass is 10.1. The van der Waals surface area contributed by atoms with Gasteiger partial charge < -0.3 is 20.1 Å². The summed E-state index contributed by atoms with van der Waals surface area (Å²) in [4.78, 5) is 24.7. The molecule has 0 spiro atoms. The van der Waals surface area contributed by atoms with Gasteiger partial charge in [-0.2, -0.15) is 0 Å². The van der Waals surface area contributed by atoms with Crippen molar-refractivity contribution in [2.75, 3.05) is 29.8 Å². The van der Waals surface area contributed by atoms with Gasteiger partial charge in [0.1, 0.15) is 13.2 Å². The number of anilines is 2. The van der Waals surface area contributed by atoms with Gasteiger partial charge in [-0.1, -0.05) is 25.1 Å². The van der Waals surface area contributed by atoms with Crippen LogP contribution in [-0.4, -0.2) is 40.0 Å². The van der Waals surface area contributed by atoms with Crippen LogP contribution in [0.4, 0.5) is 11.4 Å². The molecule has 1 aliphatic heterocycles. The molecule has 182 valence electrons. The summed E-state index contributed by atoms with van der Waals surface area (Å²) in [7, 11) is -3.88. The second-order valence-corrected chi connectivity index (χ2v) is 9.41. The number of sulfonamides is 1. The van der Waals surface area contributed by atoms with Crippen LogP contribution in [0, 0.1) is 0 Å². The van der Waals surface area contributed by atoms with Gasteiger partial charge in [-0.15, -0.1) is 0 Å². The average molecular weight is 496 g/mol. The maximum Gasteiger partial charge on any atom is 0.262 e. The van der Waals surface area contributed by atoms with E-state index in [1.807, 2.05) is 31.2 Å². The van der Waals surface area contributed by atoms with E-state index in [4.69, 9.17) is 9.47 Å². The SMILES string of the molecule is CCc1ccccc1NC(=O)CNC(=O)c1ccc(NS(=O)(=O)c2ccc3c(c2)OCCO3)cc1. The summed E-state index contributed by atoms with van der Waals surface area (Å²) in [5.41, 5.74) is 2.28. The highest BCUT2D eigenvalue weighted by atomic mass is 32.2. The molecule has 3 N–H and O–H groups in total.